The number of fused-ring (bicyclic) bond motifs is 1. The Balaban J connectivity index is -0.000000360. The van der Waals surface area contributed by atoms with Crippen molar-refractivity contribution in [3.63, 3.8) is 0 Å². The van der Waals surface area contributed by atoms with E-state index in [0.717, 1.165) is 11.8 Å². The van der Waals surface area contributed by atoms with E-state index in [9.17, 15) is 0 Å². The van der Waals surface area contributed by atoms with Crippen LogP contribution in [0.5, 0.6) is 0 Å². The zero-order valence-corrected chi connectivity index (χ0v) is 17.0. The van der Waals surface area contributed by atoms with Gasteiger partial charge in [-0.25, -0.2) is 17.6 Å². The molecule has 0 radical (unpaired) electrons. The average Bonchev–Trinajstić information content (AvgIpc) is 2.30. The van der Waals surface area contributed by atoms with Gasteiger partial charge in [-0.2, -0.15) is 0 Å². The van der Waals surface area contributed by atoms with Gasteiger partial charge in [0.15, 0.2) is 0 Å². The van der Waals surface area contributed by atoms with E-state index in [1.807, 2.05) is 0 Å². The molecule has 2 aliphatic carbocycles. The Morgan fingerprint density at radius 1 is 1.27 bits per heavy atom. The first kappa shape index (κ1) is 22.4. The summed E-state index contributed by atoms with van der Waals surface area (Å²) in [6, 6.07) is 0. The normalized spacial score (nSPS) is 26.0. The zero-order valence-electron chi connectivity index (χ0n) is 8.93. The fourth-order valence-corrected chi connectivity index (χ4v) is 2.39. The first-order valence-corrected chi connectivity index (χ1v) is 4.48. The number of rotatable bonds is 0. The smallest absolute Gasteiger partial charge is 1.00 e. The molecule has 0 amide bonds. The van der Waals surface area contributed by atoms with Gasteiger partial charge < -0.3 is 71.9 Å². The molecule has 0 bridgehead atoms. The Morgan fingerprint density at radius 2 is 1.87 bits per heavy atom. The largest absolute Gasteiger partial charge is 4.00 e. The Hall–Kier alpha value is 2.25. The first-order chi connectivity index (χ1) is 5.29. The Morgan fingerprint density at radius 3 is 2.40 bits per heavy atom. The summed E-state index contributed by atoms with van der Waals surface area (Å²) in [6.07, 6.45) is 9.38. The van der Waals surface area contributed by atoms with Crippen molar-refractivity contribution in [2.45, 2.75) is 26.7 Å². The van der Waals surface area contributed by atoms with Crippen LogP contribution in [-0.4, -0.2) is 0 Å². The summed E-state index contributed by atoms with van der Waals surface area (Å²) in [5.41, 5.74) is 1.63. The van der Waals surface area contributed by atoms with Crippen molar-refractivity contribution in [1.29, 1.82) is 0 Å². The second kappa shape index (κ2) is 10.2. The van der Waals surface area contributed by atoms with Crippen LogP contribution in [0.4, 0.5) is 0 Å². The van der Waals surface area contributed by atoms with Gasteiger partial charge in [-0.05, 0) is 12.3 Å². The molecule has 0 aliphatic heterocycles. The van der Waals surface area contributed by atoms with Gasteiger partial charge in [0, 0.05) is 0 Å². The molecule has 84 valence electrons. The van der Waals surface area contributed by atoms with Crippen molar-refractivity contribution in [3.05, 3.63) is 29.7 Å². The van der Waals surface area contributed by atoms with Gasteiger partial charge in [-0.3, -0.25) is 0 Å². The van der Waals surface area contributed by atoms with E-state index in [0.29, 0.717) is 0 Å². The number of halogens is 3. The minimum absolute atomic E-state index is 0. The molecule has 1 saturated carbocycles. The first-order valence-electron chi connectivity index (χ1n) is 4.48. The van der Waals surface area contributed by atoms with E-state index in [1.54, 1.807) is 11.5 Å². The van der Waals surface area contributed by atoms with E-state index in [-0.39, 0.29) is 93.6 Å². The van der Waals surface area contributed by atoms with Gasteiger partial charge in [-0.1, -0.05) is 19.3 Å². The summed E-state index contributed by atoms with van der Waals surface area (Å²) >= 11 is 0. The van der Waals surface area contributed by atoms with Crippen LogP contribution < -0.4 is 71.9 Å². The molecule has 0 N–H and O–H groups in total. The van der Waals surface area contributed by atoms with E-state index in [1.165, 1.54) is 12.8 Å². The maximum absolute atomic E-state index is 2.37. The predicted octanol–water partition coefficient (Wildman–Crippen LogP) is -5.87. The Kier molecular flexibility index (Phi) is 15.3. The molecule has 0 aromatic carbocycles. The molecule has 2 atom stereocenters. The topological polar surface area (TPSA) is 0 Å². The summed E-state index contributed by atoms with van der Waals surface area (Å²) in [4.78, 5) is 0. The van der Waals surface area contributed by atoms with Crippen molar-refractivity contribution >= 4 is 0 Å². The third-order valence-electron chi connectivity index (χ3n) is 3.01. The van der Waals surface area contributed by atoms with Crippen LogP contribution in [0.15, 0.2) is 23.8 Å². The monoisotopic (exact) mass is 576 g/mol. The van der Waals surface area contributed by atoms with Crippen LogP contribution in [0.2, 0.25) is 0 Å². The van der Waals surface area contributed by atoms with Crippen molar-refractivity contribution in [1.82, 2.24) is 0 Å². The van der Waals surface area contributed by atoms with E-state index < -0.39 is 0 Å². The Labute approximate surface area is 159 Å². The standard InChI is InChI=1S/C11H15.3HI.Ti/c1-8-7-9(2)11-6-4-3-5-10(8)11;;;;/h3-5,9,11H,6-7H2,1-2H3;3*1H;/q-1;;;;+4/p-3. The van der Waals surface area contributed by atoms with Gasteiger partial charge >= 0.3 is 21.7 Å². The molecule has 4 heteroatoms. The van der Waals surface area contributed by atoms with Crippen LogP contribution in [0, 0.1) is 17.8 Å². The van der Waals surface area contributed by atoms with Gasteiger partial charge in [-0.15, -0.1) is 19.1 Å². The third kappa shape index (κ3) is 5.18. The predicted molar refractivity (Wildman–Crippen MR) is 48.0 cm³/mol. The average molecular weight is 576 g/mol. The van der Waals surface area contributed by atoms with Gasteiger partial charge in [0.1, 0.15) is 0 Å². The molecule has 0 aromatic heterocycles. The van der Waals surface area contributed by atoms with Crippen LogP contribution in [0.25, 0.3) is 0 Å². The molecular formula is C11H15I3Ti. The summed E-state index contributed by atoms with van der Waals surface area (Å²) < 4.78 is 0. The van der Waals surface area contributed by atoms with Crippen LogP contribution in [0.1, 0.15) is 26.7 Å². The van der Waals surface area contributed by atoms with Crippen LogP contribution >= 0.6 is 0 Å². The van der Waals surface area contributed by atoms with Gasteiger partial charge in [0.2, 0.25) is 0 Å². The number of hydrogen-bond acceptors (Lipinski definition) is 0. The fourth-order valence-electron chi connectivity index (χ4n) is 2.39. The molecule has 0 saturated heterocycles. The van der Waals surface area contributed by atoms with Gasteiger partial charge in [0.25, 0.3) is 0 Å². The fraction of sp³-hybridized carbons (Fsp3) is 0.545. The van der Waals surface area contributed by atoms with Crippen LogP contribution in [0.3, 0.4) is 0 Å². The summed E-state index contributed by atoms with van der Waals surface area (Å²) in [6.45, 7) is 4.65. The summed E-state index contributed by atoms with van der Waals surface area (Å²) in [5.74, 6) is 3.35. The number of allylic oxidation sites excluding steroid dienone is 4. The van der Waals surface area contributed by atoms with Crippen molar-refractivity contribution in [3.8, 4) is 0 Å². The molecular weight excluding hydrogens is 561 g/mol. The summed E-state index contributed by atoms with van der Waals surface area (Å²) in [5, 5.41) is 0. The minimum Gasteiger partial charge on any atom is -1.00 e. The second-order valence-electron chi connectivity index (χ2n) is 3.85. The molecule has 2 rings (SSSR count). The number of hydrogen-bond donors (Lipinski definition) is 0. The zero-order chi connectivity index (χ0) is 7.84. The molecule has 0 nitrogen and oxygen atoms in total. The van der Waals surface area contributed by atoms with Crippen molar-refractivity contribution < 1.29 is 93.6 Å². The maximum Gasteiger partial charge on any atom is 4.00 e. The van der Waals surface area contributed by atoms with E-state index in [4.69, 9.17) is 0 Å². The molecule has 0 spiro atoms. The molecule has 2 unspecified atom stereocenters. The van der Waals surface area contributed by atoms with Crippen molar-refractivity contribution in [2.75, 3.05) is 0 Å². The van der Waals surface area contributed by atoms with Gasteiger partial charge in [0.05, 0.1) is 0 Å². The SMILES string of the molecule is C[C-]1CC(C)C2CC=CC=C12.[I-].[I-].[I-].[Ti+4]. The third-order valence-corrected chi connectivity index (χ3v) is 3.01. The van der Waals surface area contributed by atoms with Crippen LogP contribution in [-0.2, 0) is 21.7 Å². The molecule has 15 heavy (non-hydrogen) atoms. The second-order valence-corrected chi connectivity index (χ2v) is 3.85. The van der Waals surface area contributed by atoms with Crippen molar-refractivity contribution in [2.24, 2.45) is 11.8 Å². The molecule has 0 aromatic rings. The molecule has 1 fully saturated rings. The minimum atomic E-state index is 0. The molecule has 0 heterocycles. The maximum atomic E-state index is 2.37. The van der Waals surface area contributed by atoms with E-state index in [2.05, 4.69) is 32.1 Å². The summed E-state index contributed by atoms with van der Waals surface area (Å²) in [7, 11) is 0. The Bertz CT molecular complexity index is 226. The molecule has 2 aliphatic rings. The van der Waals surface area contributed by atoms with E-state index >= 15 is 0 Å². The quantitative estimate of drug-likeness (QED) is 0.154.